The van der Waals surface area contributed by atoms with Gasteiger partial charge in [-0.2, -0.15) is 0 Å². The molecule has 0 aliphatic carbocycles. The lowest BCUT2D eigenvalue weighted by atomic mass is 10.3. The van der Waals surface area contributed by atoms with Gasteiger partial charge in [0.05, 0.1) is 17.2 Å². The molecule has 0 fully saturated rings. The van der Waals surface area contributed by atoms with Crippen molar-refractivity contribution in [3.63, 3.8) is 0 Å². The predicted molar refractivity (Wildman–Crippen MR) is 94.0 cm³/mol. The van der Waals surface area contributed by atoms with E-state index in [0.29, 0.717) is 31.7 Å². The van der Waals surface area contributed by atoms with Crippen molar-refractivity contribution in [1.82, 2.24) is 14.9 Å². The second-order valence-corrected chi connectivity index (χ2v) is 5.25. The molecule has 2 heterocycles. The highest BCUT2D eigenvalue weighted by molar-refractivity contribution is 7.09. The van der Waals surface area contributed by atoms with Crippen LogP contribution in [0, 0.1) is 0 Å². The van der Waals surface area contributed by atoms with Gasteiger partial charge in [-0.05, 0) is 25.6 Å². The molecule has 0 saturated carbocycles. The normalized spacial score (nSPS) is 9.55. The number of aromatic nitrogens is 2. The number of pyridine rings is 1. The van der Waals surface area contributed by atoms with Crippen molar-refractivity contribution in [2.75, 3.05) is 13.1 Å². The molecule has 22 heavy (non-hydrogen) atoms. The second kappa shape index (κ2) is 10.5. The summed E-state index contributed by atoms with van der Waals surface area (Å²) in [6.07, 6.45) is 2.44. The summed E-state index contributed by atoms with van der Waals surface area (Å²) < 4.78 is 0. The van der Waals surface area contributed by atoms with E-state index in [1.54, 1.807) is 16.5 Å². The zero-order chi connectivity index (χ0) is 14.4. The third kappa shape index (κ3) is 5.53. The first-order chi connectivity index (χ1) is 9.74. The Morgan fingerprint density at radius 1 is 1.36 bits per heavy atom. The Kier molecular flexibility index (Phi) is 9.93. The van der Waals surface area contributed by atoms with Gasteiger partial charge in [0.15, 0.2) is 0 Å². The Morgan fingerprint density at radius 2 is 2.14 bits per heavy atom. The molecular weight excluding hydrogens is 343 g/mol. The van der Waals surface area contributed by atoms with Crippen LogP contribution in [0.3, 0.4) is 0 Å². The van der Waals surface area contributed by atoms with Gasteiger partial charge < -0.3 is 10.6 Å². The minimum Gasteiger partial charge on any atom is -0.332 e. The fourth-order valence-electron chi connectivity index (χ4n) is 1.82. The Morgan fingerprint density at radius 3 is 2.73 bits per heavy atom. The summed E-state index contributed by atoms with van der Waals surface area (Å²) in [6.45, 7) is 3.62. The minimum atomic E-state index is -0.0577. The first-order valence-electron chi connectivity index (χ1n) is 6.58. The van der Waals surface area contributed by atoms with Crippen molar-refractivity contribution in [1.29, 1.82) is 0 Å². The molecule has 8 heteroatoms. The zero-order valence-electron chi connectivity index (χ0n) is 12.3. The van der Waals surface area contributed by atoms with Crippen molar-refractivity contribution in [2.24, 2.45) is 5.73 Å². The van der Waals surface area contributed by atoms with Gasteiger partial charge in [-0.25, -0.2) is 4.98 Å². The van der Waals surface area contributed by atoms with E-state index in [9.17, 15) is 4.79 Å². The minimum absolute atomic E-state index is 0. The summed E-state index contributed by atoms with van der Waals surface area (Å²) in [6, 6.07) is 5.70. The lowest BCUT2D eigenvalue weighted by Gasteiger charge is -2.19. The van der Waals surface area contributed by atoms with Gasteiger partial charge >= 0.3 is 0 Å². The molecule has 0 unspecified atom stereocenters. The molecule has 2 rings (SSSR count). The molecule has 0 aliphatic rings. The summed E-state index contributed by atoms with van der Waals surface area (Å²) in [7, 11) is 0. The van der Waals surface area contributed by atoms with Crippen LogP contribution in [0.25, 0.3) is 0 Å². The average Bonchev–Trinajstić information content (AvgIpc) is 2.94. The largest absolute Gasteiger partial charge is 0.332 e. The van der Waals surface area contributed by atoms with E-state index in [4.69, 9.17) is 5.73 Å². The lowest BCUT2D eigenvalue weighted by molar-refractivity contribution is 0.0745. The Labute approximate surface area is 146 Å². The van der Waals surface area contributed by atoms with Gasteiger partial charge in [0.1, 0.15) is 5.69 Å². The van der Waals surface area contributed by atoms with E-state index in [0.717, 1.165) is 10.7 Å². The Bertz CT molecular complexity index is 565. The lowest BCUT2D eigenvalue weighted by Crippen LogP contribution is -2.30. The fourth-order valence-corrected chi connectivity index (χ4v) is 2.61. The summed E-state index contributed by atoms with van der Waals surface area (Å²) in [5, 5.41) is 2.71. The van der Waals surface area contributed by atoms with Gasteiger partial charge in [-0.1, -0.05) is 6.07 Å². The fraction of sp³-hybridized carbons (Fsp3) is 0.357. The number of rotatable bonds is 6. The maximum atomic E-state index is 12.4. The highest BCUT2D eigenvalue weighted by atomic mass is 35.5. The van der Waals surface area contributed by atoms with Crippen LogP contribution in [-0.2, 0) is 13.0 Å². The van der Waals surface area contributed by atoms with Gasteiger partial charge in [-0.3, -0.25) is 9.78 Å². The summed E-state index contributed by atoms with van der Waals surface area (Å²) in [5.74, 6) is -0.0577. The molecule has 0 saturated heterocycles. The molecule has 1 amide bonds. The summed E-state index contributed by atoms with van der Waals surface area (Å²) in [4.78, 5) is 22.7. The van der Waals surface area contributed by atoms with Crippen LogP contribution >= 0.6 is 36.2 Å². The molecule has 2 aromatic rings. The van der Waals surface area contributed by atoms with E-state index in [1.165, 1.54) is 11.3 Å². The van der Waals surface area contributed by atoms with Gasteiger partial charge in [0.2, 0.25) is 0 Å². The van der Waals surface area contributed by atoms with Crippen molar-refractivity contribution >= 4 is 42.1 Å². The topological polar surface area (TPSA) is 72.1 Å². The van der Waals surface area contributed by atoms with Gasteiger partial charge in [-0.15, -0.1) is 36.2 Å². The highest BCUT2D eigenvalue weighted by Gasteiger charge is 2.17. The summed E-state index contributed by atoms with van der Waals surface area (Å²) >= 11 is 1.48. The molecule has 0 aromatic carbocycles. The second-order valence-electron chi connectivity index (χ2n) is 4.31. The molecule has 0 aliphatic heterocycles. The number of nitrogens with zero attached hydrogens (tertiary/aromatic N) is 3. The first-order valence-corrected chi connectivity index (χ1v) is 7.46. The zero-order valence-corrected chi connectivity index (χ0v) is 14.7. The third-order valence-electron chi connectivity index (χ3n) is 2.88. The first kappa shape index (κ1) is 20.8. The monoisotopic (exact) mass is 362 g/mol. The number of thiazole rings is 1. The SMILES string of the molecule is CCN(Cc1ccccn1)C(=O)c1csc(CCN)n1.Cl.Cl. The molecule has 2 aromatic heterocycles. The third-order valence-corrected chi connectivity index (χ3v) is 3.79. The van der Waals surface area contributed by atoms with Crippen LogP contribution in [0.5, 0.6) is 0 Å². The predicted octanol–water partition coefficient (Wildman–Crippen LogP) is 2.55. The van der Waals surface area contributed by atoms with Crippen molar-refractivity contribution in [2.45, 2.75) is 19.9 Å². The van der Waals surface area contributed by atoms with Crippen molar-refractivity contribution in [3.05, 3.63) is 46.2 Å². The number of hydrogen-bond donors (Lipinski definition) is 1. The number of hydrogen-bond acceptors (Lipinski definition) is 5. The van der Waals surface area contributed by atoms with Crippen LogP contribution in [-0.4, -0.2) is 33.9 Å². The van der Waals surface area contributed by atoms with Crippen LogP contribution < -0.4 is 5.73 Å². The maximum Gasteiger partial charge on any atom is 0.273 e. The number of nitrogens with two attached hydrogens (primary N) is 1. The molecule has 122 valence electrons. The van der Waals surface area contributed by atoms with Crippen LogP contribution in [0.2, 0.25) is 0 Å². The van der Waals surface area contributed by atoms with Crippen molar-refractivity contribution in [3.8, 4) is 0 Å². The van der Waals surface area contributed by atoms with Gasteiger partial charge in [0.25, 0.3) is 5.91 Å². The van der Waals surface area contributed by atoms with E-state index < -0.39 is 0 Å². The van der Waals surface area contributed by atoms with Gasteiger partial charge in [0, 0.05) is 24.5 Å². The quantitative estimate of drug-likeness (QED) is 0.856. The molecule has 0 atom stereocenters. The smallest absolute Gasteiger partial charge is 0.273 e. The number of carbonyl (C=O) groups is 1. The highest BCUT2D eigenvalue weighted by Crippen LogP contribution is 2.13. The van der Waals surface area contributed by atoms with E-state index in [-0.39, 0.29) is 30.7 Å². The standard InChI is InChI=1S/C14H18N4OS.2ClH/c1-2-18(9-11-5-3-4-8-16-11)14(19)12-10-20-13(17-12)6-7-15;;/h3-5,8,10H,2,6-7,9,15H2,1H3;2*1H. The number of amides is 1. The van der Waals surface area contributed by atoms with E-state index in [1.807, 2.05) is 25.1 Å². The Balaban J connectivity index is 0.00000220. The molecule has 0 bridgehead atoms. The number of carbonyl (C=O) groups excluding carboxylic acids is 1. The molecule has 0 radical (unpaired) electrons. The number of halogens is 2. The van der Waals surface area contributed by atoms with Crippen molar-refractivity contribution < 1.29 is 4.79 Å². The van der Waals surface area contributed by atoms with E-state index >= 15 is 0 Å². The molecular formula is C14H20Cl2N4OS. The Hall–Kier alpha value is -1.21. The molecule has 5 nitrogen and oxygen atoms in total. The average molecular weight is 363 g/mol. The molecule has 2 N–H and O–H groups in total. The van der Waals surface area contributed by atoms with Crippen LogP contribution in [0.4, 0.5) is 0 Å². The van der Waals surface area contributed by atoms with E-state index in [2.05, 4.69) is 9.97 Å². The maximum absolute atomic E-state index is 12.4. The molecule has 0 spiro atoms. The van der Waals surface area contributed by atoms with Crippen LogP contribution in [0.1, 0.15) is 28.1 Å². The summed E-state index contributed by atoms with van der Waals surface area (Å²) in [5.41, 5.74) is 6.87. The van der Waals surface area contributed by atoms with Crippen LogP contribution in [0.15, 0.2) is 29.8 Å².